The van der Waals surface area contributed by atoms with E-state index in [1.165, 1.54) is 17.4 Å². The highest BCUT2D eigenvalue weighted by molar-refractivity contribution is 8.13. The summed E-state index contributed by atoms with van der Waals surface area (Å²) >= 11 is 2.88. The minimum atomic E-state index is -0.645. The number of para-hydroxylation sites is 1. The Morgan fingerprint density at radius 2 is 2.10 bits per heavy atom. The Morgan fingerprint density at radius 1 is 1.23 bits per heavy atom. The van der Waals surface area contributed by atoms with Gasteiger partial charge in [0.2, 0.25) is 0 Å². The van der Waals surface area contributed by atoms with Gasteiger partial charge in [0.05, 0.1) is 15.8 Å². The van der Waals surface area contributed by atoms with Crippen molar-refractivity contribution in [2.45, 2.75) is 31.2 Å². The van der Waals surface area contributed by atoms with Crippen molar-refractivity contribution in [2.75, 3.05) is 11.1 Å². The summed E-state index contributed by atoms with van der Waals surface area (Å²) in [5, 5.41) is 3.78. The van der Waals surface area contributed by atoms with E-state index in [-0.39, 0.29) is 17.6 Å². The molecule has 0 saturated heterocycles. The number of benzene rings is 2. The number of amides is 1. The molecule has 0 spiro atoms. The van der Waals surface area contributed by atoms with Crippen LogP contribution in [0.4, 0.5) is 10.1 Å². The van der Waals surface area contributed by atoms with Gasteiger partial charge in [0, 0.05) is 17.0 Å². The zero-order valence-electron chi connectivity index (χ0n) is 16.2. The second-order valence-corrected chi connectivity index (χ2v) is 9.83. The molecule has 154 valence electrons. The van der Waals surface area contributed by atoms with Gasteiger partial charge in [0.1, 0.15) is 5.82 Å². The average Bonchev–Trinajstić information content (AvgIpc) is 3.19. The van der Waals surface area contributed by atoms with Crippen molar-refractivity contribution in [3.63, 3.8) is 0 Å². The molecule has 0 unspecified atom stereocenters. The lowest BCUT2D eigenvalue weighted by Crippen LogP contribution is -2.43. The molecule has 0 bridgehead atoms. The molecule has 8 heteroatoms. The van der Waals surface area contributed by atoms with Gasteiger partial charge in [-0.25, -0.2) is 9.37 Å². The van der Waals surface area contributed by atoms with E-state index in [1.54, 1.807) is 23.9 Å². The van der Waals surface area contributed by atoms with Crippen molar-refractivity contribution in [1.29, 1.82) is 0 Å². The lowest BCUT2D eigenvalue weighted by molar-refractivity contribution is 0.102. The number of halogens is 1. The van der Waals surface area contributed by atoms with Crippen molar-refractivity contribution in [2.24, 2.45) is 16.6 Å². The fourth-order valence-electron chi connectivity index (χ4n) is 4.51. The maximum Gasteiger partial charge on any atom is 0.284 e. The number of carbonyl (C=O) groups excluding carboxylic acids is 1. The fourth-order valence-corrected chi connectivity index (χ4v) is 6.42. The van der Waals surface area contributed by atoms with E-state index < -0.39 is 5.54 Å². The summed E-state index contributed by atoms with van der Waals surface area (Å²) in [7, 11) is 0. The Labute approximate surface area is 182 Å². The van der Waals surface area contributed by atoms with Gasteiger partial charge in [-0.3, -0.25) is 9.79 Å². The first-order valence-electron chi connectivity index (χ1n) is 10.0. The van der Waals surface area contributed by atoms with E-state index in [1.807, 2.05) is 24.3 Å². The number of nitrogens with two attached hydrogens (primary N) is 1. The van der Waals surface area contributed by atoms with Crippen LogP contribution < -0.4 is 11.1 Å². The molecule has 0 radical (unpaired) electrons. The Kier molecular flexibility index (Phi) is 4.99. The van der Waals surface area contributed by atoms with Crippen LogP contribution >= 0.6 is 23.1 Å². The average molecular weight is 441 g/mol. The molecule has 1 fully saturated rings. The molecule has 2 aliphatic rings. The first kappa shape index (κ1) is 19.5. The van der Waals surface area contributed by atoms with Crippen LogP contribution in [0.5, 0.6) is 0 Å². The molecule has 3 aromatic rings. The minimum absolute atomic E-state index is 0.244. The SMILES string of the molecule is NC1=N[C@@]2(c3cc(NC(=O)c4nc5ccccc5s4)ccc3F)CCCC[C@H]2CS1. The van der Waals surface area contributed by atoms with Gasteiger partial charge in [-0.2, -0.15) is 0 Å². The van der Waals surface area contributed by atoms with Gasteiger partial charge in [-0.15, -0.1) is 11.3 Å². The maximum absolute atomic E-state index is 15.0. The summed E-state index contributed by atoms with van der Waals surface area (Å²) in [4.78, 5) is 22.0. The largest absolute Gasteiger partial charge is 0.379 e. The molecule has 3 N–H and O–H groups in total. The van der Waals surface area contributed by atoms with Gasteiger partial charge in [-0.1, -0.05) is 36.7 Å². The van der Waals surface area contributed by atoms with Crippen LogP contribution in [-0.2, 0) is 5.54 Å². The third-order valence-electron chi connectivity index (χ3n) is 5.96. The standard InChI is InChI=1S/C22H21FN4OS2/c23-16-9-8-14(25-19(28)20-26-17-6-1-2-7-18(17)30-20)11-15(16)22-10-4-3-5-13(22)12-29-21(24)27-22/h1-2,6-9,11,13H,3-5,10,12H2,(H2,24,27)(H,25,28)/t13-,22-/m0/s1. The molecular weight excluding hydrogens is 419 g/mol. The van der Waals surface area contributed by atoms with Crippen molar-refractivity contribution in [1.82, 2.24) is 4.98 Å². The summed E-state index contributed by atoms with van der Waals surface area (Å²) in [6.07, 6.45) is 3.88. The molecule has 1 amide bonds. The van der Waals surface area contributed by atoms with Crippen LogP contribution in [0.25, 0.3) is 10.2 Å². The number of aromatic nitrogens is 1. The highest BCUT2D eigenvalue weighted by atomic mass is 32.2. The highest BCUT2D eigenvalue weighted by Crippen LogP contribution is 2.50. The molecule has 30 heavy (non-hydrogen) atoms. The molecule has 1 aliphatic carbocycles. The molecule has 1 aromatic heterocycles. The van der Waals surface area contributed by atoms with Gasteiger partial charge in [0.25, 0.3) is 5.91 Å². The second-order valence-electron chi connectivity index (χ2n) is 7.76. The Balaban J connectivity index is 1.49. The number of nitrogens with zero attached hydrogens (tertiary/aromatic N) is 2. The van der Waals surface area contributed by atoms with E-state index in [0.717, 1.165) is 41.7 Å². The second kappa shape index (κ2) is 7.67. The van der Waals surface area contributed by atoms with Gasteiger partial charge in [-0.05, 0) is 49.1 Å². The lowest BCUT2D eigenvalue weighted by Gasteiger charge is -2.44. The smallest absolute Gasteiger partial charge is 0.284 e. The van der Waals surface area contributed by atoms with E-state index in [2.05, 4.69) is 10.3 Å². The molecule has 2 atom stereocenters. The zero-order chi connectivity index (χ0) is 20.7. The molecular formula is C22H21FN4OS2. The number of nitrogens with one attached hydrogen (secondary N) is 1. The number of aliphatic imine (C=N–C) groups is 1. The molecule has 5 nitrogen and oxygen atoms in total. The summed E-state index contributed by atoms with van der Waals surface area (Å²) in [6, 6.07) is 12.4. The van der Waals surface area contributed by atoms with Gasteiger partial charge < -0.3 is 11.1 Å². The molecule has 2 heterocycles. The number of hydrogen-bond acceptors (Lipinski definition) is 6. The number of hydrogen-bond donors (Lipinski definition) is 2. The number of anilines is 1. The van der Waals surface area contributed by atoms with Gasteiger partial charge >= 0.3 is 0 Å². The molecule has 1 saturated carbocycles. The minimum Gasteiger partial charge on any atom is -0.379 e. The highest BCUT2D eigenvalue weighted by Gasteiger charge is 2.46. The zero-order valence-corrected chi connectivity index (χ0v) is 17.9. The number of rotatable bonds is 3. The van der Waals surface area contributed by atoms with E-state index in [4.69, 9.17) is 10.7 Å². The van der Waals surface area contributed by atoms with Crippen molar-refractivity contribution < 1.29 is 9.18 Å². The molecule has 5 rings (SSSR count). The van der Waals surface area contributed by atoms with Crippen molar-refractivity contribution >= 4 is 50.1 Å². The van der Waals surface area contributed by atoms with E-state index in [9.17, 15) is 4.79 Å². The summed E-state index contributed by atoms with van der Waals surface area (Å²) in [6.45, 7) is 0. The Morgan fingerprint density at radius 3 is 2.97 bits per heavy atom. The maximum atomic E-state index is 15.0. The number of carbonyl (C=O) groups is 1. The summed E-state index contributed by atoms with van der Waals surface area (Å²) < 4.78 is 16.0. The van der Waals surface area contributed by atoms with Crippen LogP contribution in [0.2, 0.25) is 0 Å². The number of thioether (sulfide) groups is 1. The molecule has 1 aliphatic heterocycles. The van der Waals surface area contributed by atoms with Crippen LogP contribution in [-0.4, -0.2) is 21.8 Å². The monoisotopic (exact) mass is 440 g/mol. The topological polar surface area (TPSA) is 80.4 Å². The van der Waals surface area contributed by atoms with E-state index >= 15 is 4.39 Å². The van der Waals surface area contributed by atoms with Crippen LogP contribution in [0.3, 0.4) is 0 Å². The normalized spacial score (nSPS) is 23.6. The van der Waals surface area contributed by atoms with Crippen LogP contribution in [0.15, 0.2) is 47.5 Å². The Bertz CT molecular complexity index is 1130. The fraction of sp³-hybridized carbons (Fsp3) is 0.318. The quantitative estimate of drug-likeness (QED) is 0.591. The number of thiazole rings is 1. The predicted molar refractivity (Wildman–Crippen MR) is 122 cm³/mol. The lowest BCUT2D eigenvalue weighted by atomic mass is 9.69. The van der Waals surface area contributed by atoms with Crippen LogP contribution in [0, 0.1) is 11.7 Å². The Hall–Kier alpha value is -2.45. The number of amidine groups is 1. The summed E-state index contributed by atoms with van der Waals surface area (Å²) in [5.41, 5.74) is 7.28. The van der Waals surface area contributed by atoms with Crippen LogP contribution in [0.1, 0.15) is 41.0 Å². The van der Waals surface area contributed by atoms with Crippen molar-refractivity contribution in [3.05, 3.63) is 58.9 Å². The first-order valence-corrected chi connectivity index (χ1v) is 11.8. The first-order chi connectivity index (χ1) is 14.5. The third-order valence-corrected chi connectivity index (χ3v) is 7.95. The number of fused-ring (bicyclic) bond motifs is 2. The predicted octanol–water partition coefficient (Wildman–Crippen LogP) is 5.13. The third kappa shape index (κ3) is 3.37. The summed E-state index contributed by atoms with van der Waals surface area (Å²) in [5.74, 6) is 0.488. The van der Waals surface area contributed by atoms with Crippen molar-refractivity contribution in [3.8, 4) is 0 Å². The van der Waals surface area contributed by atoms with Gasteiger partial charge in [0.15, 0.2) is 10.2 Å². The van der Waals surface area contributed by atoms with E-state index in [0.29, 0.717) is 21.4 Å². The molecule has 2 aromatic carbocycles.